The summed E-state index contributed by atoms with van der Waals surface area (Å²) in [6.45, 7) is 5.56. The predicted octanol–water partition coefficient (Wildman–Crippen LogP) is 0.221. The minimum atomic E-state index is -0.0385. The average Bonchev–Trinajstić information content (AvgIpc) is 2.96. The van der Waals surface area contributed by atoms with E-state index in [1.54, 1.807) is 0 Å². The normalized spacial score (nSPS) is 24.3. The predicted molar refractivity (Wildman–Crippen MR) is 68.2 cm³/mol. The zero-order valence-corrected chi connectivity index (χ0v) is 10.6. The van der Waals surface area contributed by atoms with Crippen LogP contribution >= 0.6 is 0 Å². The molecule has 18 heavy (non-hydrogen) atoms. The van der Waals surface area contributed by atoms with Crippen LogP contribution in [0.3, 0.4) is 0 Å². The topological polar surface area (TPSA) is 78.2 Å². The standard InChI is InChI=1S/C12H19N5O/c1-8-10(13)11(15-14-8)12(18)17-6-5-16-4-2-3-9(16)7-17/h9H,2-7,13H2,1H3,(H,14,15). The molecular weight excluding hydrogens is 230 g/mol. The van der Waals surface area contributed by atoms with E-state index in [0.717, 1.165) is 25.3 Å². The highest BCUT2D eigenvalue weighted by atomic mass is 16.2. The van der Waals surface area contributed by atoms with Crippen LogP contribution in [0.15, 0.2) is 0 Å². The lowest BCUT2D eigenvalue weighted by molar-refractivity contribution is 0.0566. The number of amides is 1. The molecule has 0 aromatic carbocycles. The summed E-state index contributed by atoms with van der Waals surface area (Å²) >= 11 is 0. The van der Waals surface area contributed by atoms with Crippen molar-refractivity contribution in [3.63, 3.8) is 0 Å². The highest BCUT2D eigenvalue weighted by molar-refractivity contribution is 5.97. The molecule has 0 bridgehead atoms. The Kier molecular flexibility index (Phi) is 2.74. The maximum absolute atomic E-state index is 12.4. The summed E-state index contributed by atoms with van der Waals surface area (Å²) in [5.74, 6) is -0.0385. The molecule has 0 aliphatic carbocycles. The number of piperazine rings is 1. The highest BCUT2D eigenvalue weighted by Gasteiger charge is 2.33. The van der Waals surface area contributed by atoms with Crippen LogP contribution < -0.4 is 5.73 Å². The quantitative estimate of drug-likeness (QED) is 0.746. The molecule has 2 saturated heterocycles. The third kappa shape index (κ3) is 1.77. The zero-order valence-electron chi connectivity index (χ0n) is 10.6. The Morgan fingerprint density at radius 3 is 3.00 bits per heavy atom. The molecule has 2 aliphatic heterocycles. The van der Waals surface area contributed by atoms with Gasteiger partial charge in [-0.15, -0.1) is 0 Å². The average molecular weight is 249 g/mol. The Labute approximate surface area is 106 Å². The first-order chi connectivity index (χ1) is 8.66. The Morgan fingerprint density at radius 1 is 1.44 bits per heavy atom. The van der Waals surface area contributed by atoms with Gasteiger partial charge in [-0.1, -0.05) is 0 Å². The van der Waals surface area contributed by atoms with E-state index in [9.17, 15) is 4.79 Å². The number of nitrogens with one attached hydrogen (secondary N) is 1. The van der Waals surface area contributed by atoms with E-state index >= 15 is 0 Å². The molecule has 6 heteroatoms. The number of anilines is 1. The lowest BCUT2D eigenvalue weighted by Crippen LogP contribution is -2.52. The maximum atomic E-state index is 12.4. The van der Waals surface area contributed by atoms with Gasteiger partial charge in [0.1, 0.15) is 0 Å². The van der Waals surface area contributed by atoms with Gasteiger partial charge < -0.3 is 10.6 Å². The van der Waals surface area contributed by atoms with Gasteiger partial charge in [-0.05, 0) is 26.3 Å². The van der Waals surface area contributed by atoms with Crippen molar-refractivity contribution >= 4 is 11.6 Å². The zero-order chi connectivity index (χ0) is 12.7. The van der Waals surface area contributed by atoms with E-state index in [4.69, 9.17) is 5.73 Å². The SMILES string of the molecule is Cc1[nH]nc(C(=O)N2CCN3CCCC3C2)c1N. The smallest absolute Gasteiger partial charge is 0.276 e. The molecule has 1 amide bonds. The number of rotatable bonds is 1. The maximum Gasteiger partial charge on any atom is 0.276 e. The molecule has 2 aliphatic rings. The molecule has 2 fully saturated rings. The van der Waals surface area contributed by atoms with Gasteiger partial charge in [0.2, 0.25) is 0 Å². The molecule has 98 valence electrons. The number of carbonyl (C=O) groups is 1. The Bertz CT molecular complexity index is 469. The van der Waals surface area contributed by atoms with E-state index in [1.165, 1.54) is 19.4 Å². The molecule has 6 nitrogen and oxygen atoms in total. The summed E-state index contributed by atoms with van der Waals surface area (Å²) in [4.78, 5) is 16.7. The van der Waals surface area contributed by atoms with E-state index in [1.807, 2.05) is 11.8 Å². The van der Waals surface area contributed by atoms with Crippen LogP contribution in [-0.4, -0.2) is 58.1 Å². The molecule has 3 heterocycles. The number of nitrogens with two attached hydrogens (primary N) is 1. The summed E-state index contributed by atoms with van der Waals surface area (Å²) in [5, 5.41) is 6.79. The molecule has 3 rings (SSSR count). The molecule has 0 saturated carbocycles. The number of hydrogen-bond acceptors (Lipinski definition) is 4. The fourth-order valence-electron chi connectivity index (χ4n) is 2.93. The van der Waals surface area contributed by atoms with E-state index < -0.39 is 0 Å². The molecular formula is C12H19N5O. The monoisotopic (exact) mass is 249 g/mol. The van der Waals surface area contributed by atoms with E-state index in [2.05, 4.69) is 15.1 Å². The number of hydrogen-bond donors (Lipinski definition) is 2. The highest BCUT2D eigenvalue weighted by Crippen LogP contribution is 2.23. The summed E-state index contributed by atoms with van der Waals surface area (Å²) < 4.78 is 0. The molecule has 1 unspecified atom stereocenters. The van der Waals surface area contributed by atoms with Gasteiger partial charge >= 0.3 is 0 Å². The number of aromatic amines is 1. The van der Waals surface area contributed by atoms with Crippen molar-refractivity contribution in [1.82, 2.24) is 20.0 Å². The third-order valence-corrected chi connectivity index (χ3v) is 4.07. The molecule has 0 spiro atoms. The van der Waals surface area contributed by atoms with Gasteiger partial charge in [0.25, 0.3) is 5.91 Å². The summed E-state index contributed by atoms with van der Waals surface area (Å²) in [7, 11) is 0. The number of H-pyrrole nitrogens is 1. The van der Waals surface area contributed by atoms with Gasteiger partial charge in [0.05, 0.1) is 11.4 Å². The minimum Gasteiger partial charge on any atom is -0.395 e. The largest absolute Gasteiger partial charge is 0.395 e. The van der Waals surface area contributed by atoms with Gasteiger partial charge in [0.15, 0.2) is 5.69 Å². The second-order valence-electron chi connectivity index (χ2n) is 5.19. The van der Waals surface area contributed by atoms with Crippen molar-refractivity contribution in [3.8, 4) is 0 Å². The van der Waals surface area contributed by atoms with Crippen LogP contribution in [-0.2, 0) is 0 Å². The second kappa shape index (κ2) is 4.28. The van der Waals surface area contributed by atoms with Crippen LogP contribution in [0.5, 0.6) is 0 Å². The van der Waals surface area contributed by atoms with Crippen LogP contribution in [0, 0.1) is 6.92 Å². The van der Waals surface area contributed by atoms with Crippen LogP contribution in [0.4, 0.5) is 5.69 Å². The number of carbonyl (C=O) groups excluding carboxylic acids is 1. The van der Waals surface area contributed by atoms with Crippen LogP contribution in [0.2, 0.25) is 0 Å². The van der Waals surface area contributed by atoms with Crippen molar-refractivity contribution in [1.29, 1.82) is 0 Å². The van der Waals surface area contributed by atoms with Crippen molar-refractivity contribution < 1.29 is 4.79 Å². The fourth-order valence-corrected chi connectivity index (χ4v) is 2.93. The number of aromatic nitrogens is 2. The van der Waals surface area contributed by atoms with Gasteiger partial charge in [-0.3, -0.25) is 14.8 Å². The fraction of sp³-hybridized carbons (Fsp3) is 0.667. The number of fused-ring (bicyclic) bond motifs is 1. The van der Waals surface area contributed by atoms with E-state index in [-0.39, 0.29) is 5.91 Å². The summed E-state index contributed by atoms with van der Waals surface area (Å²) in [6, 6.07) is 0.531. The van der Waals surface area contributed by atoms with Gasteiger partial charge in [0, 0.05) is 25.7 Å². The van der Waals surface area contributed by atoms with Gasteiger partial charge in [-0.2, -0.15) is 5.10 Å². The minimum absolute atomic E-state index is 0.0385. The Hall–Kier alpha value is -1.56. The third-order valence-electron chi connectivity index (χ3n) is 4.07. The van der Waals surface area contributed by atoms with Crippen LogP contribution in [0.1, 0.15) is 29.0 Å². The van der Waals surface area contributed by atoms with Crippen molar-refractivity contribution in [3.05, 3.63) is 11.4 Å². The lowest BCUT2D eigenvalue weighted by atomic mass is 10.1. The number of nitrogens with zero attached hydrogens (tertiary/aromatic N) is 3. The van der Waals surface area contributed by atoms with Crippen molar-refractivity contribution in [2.24, 2.45) is 0 Å². The first-order valence-electron chi connectivity index (χ1n) is 6.50. The summed E-state index contributed by atoms with van der Waals surface area (Å²) in [6.07, 6.45) is 2.44. The lowest BCUT2D eigenvalue weighted by Gasteiger charge is -2.37. The number of nitrogen functional groups attached to an aromatic ring is 1. The number of aryl methyl sites for hydroxylation is 1. The molecule has 1 atom stereocenters. The second-order valence-corrected chi connectivity index (χ2v) is 5.19. The van der Waals surface area contributed by atoms with Crippen LogP contribution in [0.25, 0.3) is 0 Å². The van der Waals surface area contributed by atoms with Crippen molar-refractivity contribution in [2.75, 3.05) is 31.9 Å². The first-order valence-corrected chi connectivity index (χ1v) is 6.50. The molecule has 1 aromatic rings. The summed E-state index contributed by atoms with van der Waals surface area (Å²) in [5.41, 5.74) is 7.48. The molecule has 1 aromatic heterocycles. The molecule has 0 radical (unpaired) electrons. The van der Waals surface area contributed by atoms with E-state index in [0.29, 0.717) is 17.4 Å². The Morgan fingerprint density at radius 2 is 2.28 bits per heavy atom. The van der Waals surface area contributed by atoms with Gasteiger partial charge in [-0.25, -0.2) is 0 Å². The van der Waals surface area contributed by atoms with Crippen molar-refractivity contribution in [2.45, 2.75) is 25.8 Å². The Balaban J connectivity index is 1.75. The first kappa shape index (κ1) is 11.5. The molecule has 3 N–H and O–H groups in total.